The van der Waals surface area contributed by atoms with Gasteiger partial charge < -0.3 is 0 Å². The fraction of sp³-hybridized carbons (Fsp3) is 0.857. The molecule has 0 spiro atoms. The Labute approximate surface area is 116 Å². The minimum atomic E-state index is -5.30. The van der Waals surface area contributed by atoms with Gasteiger partial charge in [-0.1, -0.05) is 32.9 Å². The standard InChI is InChI=1S/C14H22F6/c1-11(2,3)9-7-5-6-8-10-12(4,13(15,16)17)14(18,19)20/h6,8H,5,7,9-10H2,1-4H3/b8-6-. The Hall–Kier alpha value is -0.680. The van der Waals surface area contributed by atoms with E-state index < -0.39 is 24.2 Å². The molecule has 0 saturated heterocycles. The van der Waals surface area contributed by atoms with Gasteiger partial charge in [0, 0.05) is 0 Å². The van der Waals surface area contributed by atoms with Crippen LogP contribution < -0.4 is 0 Å². The molecule has 0 saturated carbocycles. The summed E-state index contributed by atoms with van der Waals surface area (Å²) in [5.41, 5.74) is -3.57. The quantitative estimate of drug-likeness (QED) is 0.318. The number of hydrogen-bond acceptors (Lipinski definition) is 0. The van der Waals surface area contributed by atoms with Crippen LogP contribution in [0.25, 0.3) is 0 Å². The van der Waals surface area contributed by atoms with E-state index in [0.29, 0.717) is 6.42 Å². The zero-order valence-corrected chi connectivity index (χ0v) is 12.3. The van der Waals surface area contributed by atoms with Crippen LogP contribution in [-0.2, 0) is 0 Å². The molecule has 0 rings (SSSR count). The van der Waals surface area contributed by atoms with Gasteiger partial charge in [0.25, 0.3) is 0 Å². The van der Waals surface area contributed by atoms with Gasteiger partial charge in [-0.25, -0.2) is 0 Å². The minimum absolute atomic E-state index is 0.111. The molecular weight excluding hydrogens is 282 g/mol. The number of alkyl halides is 6. The lowest BCUT2D eigenvalue weighted by atomic mass is 9.84. The first-order valence-electron chi connectivity index (χ1n) is 6.49. The number of halogens is 6. The highest BCUT2D eigenvalue weighted by molar-refractivity contribution is 4.97. The van der Waals surface area contributed by atoms with Gasteiger partial charge in [-0.2, -0.15) is 26.3 Å². The second-order valence-corrected chi connectivity index (χ2v) is 6.46. The molecule has 0 radical (unpaired) electrons. The van der Waals surface area contributed by atoms with Gasteiger partial charge >= 0.3 is 12.4 Å². The van der Waals surface area contributed by atoms with E-state index in [2.05, 4.69) is 0 Å². The van der Waals surface area contributed by atoms with Crippen LogP contribution in [0.5, 0.6) is 0 Å². The summed E-state index contributed by atoms with van der Waals surface area (Å²) in [6.07, 6.45) is -7.19. The van der Waals surface area contributed by atoms with Crippen LogP contribution in [0.3, 0.4) is 0 Å². The fourth-order valence-corrected chi connectivity index (χ4v) is 1.58. The van der Waals surface area contributed by atoms with Crippen molar-refractivity contribution in [2.45, 2.75) is 65.7 Å². The van der Waals surface area contributed by atoms with Gasteiger partial charge in [0.15, 0.2) is 5.41 Å². The molecule has 0 aromatic carbocycles. The lowest BCUT2D eigenvalue weighted by Gasteiger charge is -2.33. The van der Waals surface area contributed by atoms with Gasteiger partial charge in [0.1, 0.15) is 0 Å². The lowest BCUT2D eigenvalue weighted by Crippen LogP contribution is -2.47. The molecule has 0 fully saturated rings. The van der Waals surface area contributed by atoms with Crippen LogP contribution in [0, 0.1) is 10.8 Å². The second kappa shape index (κ2) is 6.39. The molecule has 0 aliphatic rings. The molecule has 0 amide bonds. The van der Waals surface area contributed by atoms with E-state index in [9.17, 15) is 26.3 Å². The maximum absolute atomic E-state index is 12.6. The molecule has 0 aromatic heterocycles. The highest BCUT2D eigenvalue weighted by Gasteiger charge is 2.66. The maximum atomic E-state index is 12.6. The average Bonchev–Trinajstić information content (AvgIpc) is 2.17. The molecule has 20 heavy (non-hydrogen) atoms. The van der Waals surface area contributed by atoms with E-state index in [1.165, 1.54) is 6.08 Å². The number of unbranched alkanes of at least 4 members (excludes halogenated alkanes) is 1. The third-order valence-corrected chi connectivity index (χ3v) is 3.24. The van der Waals surface area contributed by atoms with Crippen molar-refractivity contribution < 1.29 is 26.3 Å². The molecule has 120 valence electrons. The Morgan fingerprint density at radius 2 is 1.20 bits per heavy atom. The smallest absolute Gasteiger partial charge is 0.170 e. The second-order valence-electron chi connectivity index (χ2n) is 6.46. The molecule has 0 N–H and O–H groups in total. The molecular formula is C14H22F6. The largest absolute Gasteiger partial charge is 0.403 e. The van der Waals surface area contributed by atoms with Crippen LogP contribution in [0.15, 0.2) is 12.2 Å². The fourth-order valence-electron chi connectivity index (χ4n) is 1.58. The normalized spacial score (nSPS) is 15.1. The molecule has 0 atom stereocenters. The van der Waals surface area contributed by atoms with E-state index >= 15 is 0 Å². The Morgan fingerprint density at radius 3 is 1.55 bits per heavy atom. The summed E-state index contributed by atoms with van der Waals surface area (Å²) in [6, 6.07) is 0. The van der Waals surface area contributed by atoms with Gasteiger partial charge in [-0.15, -0.1) is 0 Å². The average molecular weight is 304 g/mol. The predicted octanol–water partition coefficient (Wildman–Crippen LogP) is 6.28. The monoisotopic (exact) mass is 304 g/mol. The first-order valence-corrected chi connectivity index (χ1v) is 6.49. The summed E-state index contributed by atoms with van der Waals surface area (Å²) >= 11 is 0. The molecule has 0 aromatic rings. The topological polar surface area (TPSA) is 0 Å². The lowest BCUT2D eigenvalue weighted by molar-refractivity contribution is -0.333. The van der Waals surface area contributed by atoms with Crippen molar-refractivity contribution in [1.29, 1.82) is 0 Å². The van der Waals surface area contributed by atoms with Crippen molar-refractivity contribution in [3.8, 4) is 0 Å². The molecule has 0 bridgehead atoms. The predicted molar refractivity (Wildman–Crippen MR) is 67.3 cm³/mol. The van der Waals surface area contributed by atoms with Crippen molar-refractivity contribution in [2.24, 2.45) is 10.8 Å². The first-order chi connectivity index (χ1) is 8.71. The first kappa shape index (κ1) is 19.3. The molecule has 0 nitrogen and oxygen atoms in total. The van der Waals surface area contributed by atoms with Crippen LogP contribution in [-0.4, -0.2) is 12.4 Å². The van der Waals surface area contributed by atoms with E-state index in [1.54, 1.807) is 0 Å². The van der Waals surface area contributed by atoms with Crippen LogP contribution in [0.1, 0.15) is 53.4 Å². The van der Waals surface area contributed by atoms with Crippen molar-refractivity contribution in [3.05, 3.63) is 12.2 Å². The molecule has 0 unspecified atom stereocenters. The van der Waals surface area contributed by atoms with Crippen molar-refractivity contribution in [2.75, 3.05) is 0 Å². The number of allylic oxidation sites excluding steroid dienone is 2. The Balaban J connectivity index is 4.52. The summed E-state index contributed by atoms with van der Waals surface area (Å²) in [5.74, 6) is 0. The van der Waals surface area contributed by atoms with Gasteiger partial charge in [0.2, 0.25) is 0 Å². The molecule has 0 aliphatic heterocycles. The summed E-state index contributed by atoms with van der Waals surface area (Å²) in [5, 5.41) is 0. The number of hydrogen-bond donors (Lipinski definition) is 0. The van der Waals surface area contributed by atoms with Crippen LogP contribution >= 0.6 is 0 Å². The van der Waals surface area contributed by atoms with Gasteiger partial charge in [-0.05, 0) is 38.0 Å². The summed E-state index contributed by atoms with van der Waals surface area (Å²) in [4.78, 5) is 0. The third-order valence-electron chi connectivity index (χ3n) is 3.24. The van der Waals surface area contributed by atoms with Crippen LogP contribution in [0.4, 0.5) is 26.3 Å². The summed E-state index contributed by atoms with van der Waals surface area (Å²) < 4.78 is 75.5. The highest BCUT2D eigenvalue weighted by Crippen LogP contribution is 2.52. The Morgan fingerprint density at radius 1 is 0.750 bits per heavy atom. The van der Waals surface area contributed by atoms with E-state index in [4.69, 9.17) is 0 Å². The third kappa shape index (κ3) is 5.75. The van der Waals surface area contributed by atoms with Gasteiger partial charge in [0.05, 0.1) is 0 Å². The molecule has 0 aliphatic carbocycles. The number of rotatable bonds is 5. The van der Waals surface area contributed by atoms with E-state index in [1.807, 2.05) is 20.8 Å². The molecule has 6 heteroatoms. The van der Waals surface area contributed by atoms with Crippen molar-refractivity contribution in [1.82, 2.24) is 0 Å². The van der Waals surface area contributed by atoms with Crippen molar-refractivity contribution in [3.63, 3.8) is 0 Å². The minimum Gasteiger partial charge on any atom is -0.170 e. The SMILES string of the molecule is CC(C)(C)CCC/C=C\CC(C)(C(F)(F)F)C(F)(F)F. The zero-order chi connectivity index (χ0) is 16.2. The molecule has 0 heterocycles. The van der Waals surface area contributed by atoms with Crippen molar-refractivity contribution >= 4 is 0 Å². The van der Waals surface area contributed by atoms with Crippen LogP contribution in [0.2, 0.25) is 0 Å². The summed E-state index contributed by atoms with van der Waals surface area (Å²) in [7, 11) is 0. The highest BCUT2D eigenvalue weighted by atomic mass is 19.4. The Kier molecular flexibility index (Phi) is 6.18. The van der Waals surface area contributed by atoms with E-state index in [0.717, 1.165) is 18.9 Å². The summed E-state index contributed by atoms with van der Waals surface area (Å²) in [6.45, 7) is 6.29. The Bertz CT molecular complexity index is 302. The van der Waals surface area contributed by atoms with E-state index in [-0.39, 0.29) is 12.3 Å². The zero-order valence-electron chi connectivity index (χ0n) is 12.3. The van der Waals surface area contributed by atoms with Gasteiger partial charge in [-0.3, -0.25) is 0 Å². The maximum Gasteiger partial charge on any atom is 0.403 e.